The number of amides is 4. The molecule has 0 bridgehead atoms. The molecule has 1 aliphatic heterocycles. The van der Waals surface area contributed by atoms with Gasteiger partial charge in [0.1, 0.15) is 12.1 Å². The number of ketones is 1. The van der Waals surface area contributed by atoms with Gasteiger partial charge in [0.25, 0.3) is 5.91 Å². The van der Waals surface area contributed by atoms with Gasteiger partial charge in [0.2, 0.25) is 5.91 Å². The molecular formula is C20H19N3O4. The van der Waals surface area contributed by atoms with Gasteiger partial charge in [-0.05, 0) is 43.7 Å². The molecule has 1 fully saturated rings. The van der Waals surface area contributed by atoms with Crippen LogP contribution in [-0.4, -0.2) is 35.1 Å². The molecule has 2 aromatic carbocycles. The lowest BCUT2D eigenvalue weighted by Gasteiger charge is -2.22. The van der Waals surface area contributed by atoms with E-state index in [4.69, 9.17) is 0 Å². The number of hydrogen-bond acceptors (Lipinski definition) is 4. The van der Waals surface area contributed by atoms with E-state index in [1.807, 2.05) is 6.07 Å². The number of urea groups is 1. The number of imide groups is 1. The van der Waals surface area contributed by atoms with Crippen LogP contribution in [0.2, 0.25) is 0 Å². The highest BCUT2D eigenvalue weighted by Gasteiger charge is 2.49. The smallest absolute Gasteiger partial charge is 0.325 e. The number of carbonyl (C=O) groups excluding carboxylic acids is 4. The zero-order valence-corrected chi connectivity index (χ0v) is 15.0. The summed E-state index contributed by atoms with van der Waals surface area (Å²) in [6.45, 7) is 2.66. The van der Waals surface area contributed by atoms with E-state index in [1.165, 1.54) is 6.92 Å². The Morgan fingerprint density at radius 1 is 1.04 bits per heavy atom. The van der Waals surface area contributed by atoms with Crippen molar-refractivity contribution in [2.24, 2.45) is 0 Å². The lowest BCUT2D eigenvalue weighted by Crippen LogP contribution is -2.42. The zero-order valence-electron chi connectivity index (χ0n) is 15.0. The molecule has 7 heteroatoms. The number of hydrogen-bond donors (Lipinski definition) is 2. The molecular weight excluding hydrogens is 346 g/mol. The minimum Gasteiger partial charge on any atom is -0.325 e. The average molecular weight is 365 g/mol. The van der Waals surface area contributed by atoms with E-state index < -0.39 is 29.9 Å². The fourth-order valence-electron chi connectivity index (χ4n) is 2.94. The normalized spacial score (nSPS) is 19.0. The summed E-state index contributed by atoms with van der Waals surface area (Å²) in [5, 5.41) is 5.27. The van der Waals surface area contributed by atoms with Crippen molar-refractivity contribution in [1.82, 2.24) is 10.2 Å². The van der Waals surface area contributed by atoms with Crippen molar-refractivity contribution < 1.29 is 19.2 Å². The Bertz CT molecular complexity index is 909. The standard InChI is InChI=1S/C20H19N3O4/c1-13(24)14-8-10-16(11-9-14)21-17(25)12-23-18(26)20(2,22-19(23)27)15-6-4-3-5-7-15/h3-11H,12H2,1-2H3,(H,21,25)(H,22,27)/t20-/m0/s1. The molecule has 0 saturated carbocycles. The van der Waals surface area contributed by atoms with Gasteiger partial charge >= 0.3 is 6.03 Å². The van der Waals surface area contributed by atoms with Crippen LogP contribution < -0.4 is 10.6 Å². The SMILES string of the molecule is CC(=O)c1ccc(NC(=O)CN2C(=O)N[C@@](C)(c3ccccc3)C2=O)cc1. The Morgan fingerprint density at radius 3 is 2.26 bits per heavy atom. The van der Waals surface area contributed by atoms with Gasteiger partial charge in [-0.25, -0.2) is 4.79 Å². The summed E-state index contributed by atoms with van der Waals surface area (Å²) in [6.07, 6.45) is 0. The Kier molecular flexibility index (Phi) is 4.77. The maximum atomic E-state index is 12.8. The number of nitrogens with one attached hydrogen (secondary N) is 2. The van der Waals surface area contributed by atoms with Crippen LogP contribution in [0.25, 0.3) is 0 Å². The minimum absolute atomic E-state index is 0.0765. The molecule has 0 aliphatic carbocycles. The number of carbonyl (C=O) groups is 4. The first-order chi connectivity index (χ1) is 12.8. The molecule has 3 rings (SSSR count). The van der Waals surface area contributed by atoms with Gasteiger partial charge in [-0.1, -0.05) is 30.3 Å². The fraction of sp³-hybridized carbons (Fsp3) is 0.200. The van der Waals surface area contributed by atoms with Crippen LogP contribution in [0, 0.1) is 0 Å². The molecule has 2 N–H and O–H groups in total. The van der Waals surface area contributed by atoms with Crippen molar-refractivity contribution in [2.75, 3.05) is 11.9 Å². The minimum atomic E-state index is -1.21. The summed E-state index contributed by atoms with van der Waals surface area (Å²) >= 11 is 0. The third-order valence-corrected chi connectivity index (χ3v) is 4.50. The van der Waals surface area contributed by atoms with Gasteiger partial charge < -0.3 is 10.6 Å². The van der Waals surface area contributed by atoms with Crippen LogP contribution in [-0.2, 0) is 15.1 Å². The van der Waals surface area contributed by atoms with E-state index in [1.54, 1.807) is 55.5 Å². The lowest BCUT2D eigenvalue weighted by atomic mass is 9.92. The summed E-state index contributed by atoms with van der Waals surface area (Å²) in [5.74, 6) is -1.07. The van der Waals surface area contributed by atoms with Crippen molar-refractivity contribution in [3.05, 3.63) is 65.7 Å². The number of Topliss-reactive ketones (excluding diaryl/α,β-unsaturated/α-hetero) is 1. The predicted molar refractivity (Wildman–Crippen MR) is 99.1 cm³/mol. The summed E-state index contributed by atoms with van der Waals surface area (Å²) in [7, 11) is 0. The topological polar surface area (TPSA) is 95.6 Å². The first-order valence-electron chi connectivity index (χ1n) is 8.42. The van der Waals surface area contributed by atoms with E-state index in [0.717, 1.165) is 4.90 Å². The molecule has 1 aliphatic rings. The molecule has 2 aromatic rings. The number of rotatable bonds is 5. The average Bonchev–Trinajstić information content (AvgIpc) is 2.87. The predicted octanol–water partition coefficient (Wildman–Crippen LogP) is 2.29. The molecule has 1 heterocycles. The van der Waals surface area contributed by atoms with E-state index in [0.29, 0.717) is 16.8 Å². The first-order valence-corrected chi connectivity index (χ1v) is 8.42. The molecule has 138 valence electrons. The van der Waals surface area contributed by atoms with Crippen molar-refractivity contribution in [1.29, 1.82) is 0 Å². The van der Waals surface area contributed by atoms with Crippen molar-refractivity contribution >= 4 is 29.3 Å². The highest BCUT2D eigenvalue weighted by molar-refractivity contribution is 6.10. The zero-order chi connectivity index (χ0) is 19.6. The molecule has 0 radical (unpaired) electrons. The summed E-state index contributed by atoms with van der Waals surface area (Å²) in [6, 6.07) is 14.6. The number of nitrogens with zero attached hydrogens (tertiary/aromatic N) is 1. The van der Waals surface area contributed by atoms with Crippen LogP contribution in [0.5, 0.6) is 0 Å². The highest BCUT2D eigenvalue weighted by Crippen LogP contribution is 2.28. The van der Waals surface area contributed by atoms with Crippen LogP contribution in [0.4, 0.5) is 10.5 Å². The molecule has 27 heavy (non-hydrogen) atoms. The Morgan fingerprint density at radius 2 is 1.67 bits per heavy atom. The summed E-state index contributed by atoms with van der Waals surface area (Å²) < 4.78 is 0. The second kappa shape index (κ2) is 7.03. The van der Waals surface area contributed by atoms with E-state index in [-0.39, 0.29) is 5.78 Å². The number of benzene rings is 2. The van der Waals surface area contributed by atoms with Crippen LogP contribution in [0.3, 0.4) is 0 Å². The fourth-order valence-corrected chi connectivity index (χ4v) is 2.94. The lowest BCUT2D eigenvalue weighted by molar-refractivity contribution is -0.133. The Labute approximate surface area is 156 Å². The summed E-state index contributed by atoms with van der Waals surface area (Å²) in [4.78, 5) is 49.5. The van der Waals surface area contributed by atoms with Crippen LogP contribution in [0.1, 0.15) is 29.8 Å². The van der Waals surface area contributed by atoms with Crippen LogP contribution >= 0.6 is 0 Å². The van der Waals surface area contributed by atoms with E-state index >= 15 is 0 Å². The third kappa shape index (κ3) is 3.57. The second-order valence-corrected chi connectivity index (χ2v) is 6.49. The molecule has 0 aromatic heterocycles. The monoisotopic (exact) mass is 365 g/mol. The van der Waals surface area contributed by atoms with Crippen molar-refractivity contribution in [2.45, 2.75) is 19.4 Å². The summed E-state index contributed by atoms with van der Waals surface area (Å²) in [5.41, 5.74) is 0.441. The van der Waals surface area contributed by atoms with Gasteiger partial charge in [-0.3, -0.25) is 19.3 Å². The molecule has 7 nitrogen and oxygen atoms in total. The maximum absolute atomic E-state index is 12.8. The molecule has 1 saturated heterocycles. The van der Waals surface area contributed by atoms with Crippen molar-refractivity contribution in [3.63, 3.8) is 0 Å². The Hall–Kier alpha value is -3.48. The van der Waals surface area contributed by atoms with Gasteiger partial charge in [0.15, 0.2) is 5.78 Å². The largest absolute Gasteiger partial charge is 0.325 e. The van der Waals surface area contributed by atoms with Gasteiger partial charge in [-0.2, -0.15) is 0 Å². The maximum Gasteiger partial charge on any atom is 0.325 e. The first kappa shape index (κ1) is 18.3. The van der Waals surface area contributed by atoms with E-state index in [2.05, 4.69) is 10.6 Å². The highest BCUT2D eigenvalue weighted by atomic mass is 16.2. The van der Waals surface area contributed by atoms with Gasteiger partial charge in [0.05, 0.1) is 0 Å². The molecule has 0 spiro atoms. The molecule has 4 amide bonds. The Balaban J connectivity index is 1.70. The molecule has 0 unspecified atom stereocenters. The van der Waals surface area contributed by atoms with Gasteiger partial charge in [0, 0.05) is 11.3 Å². The van der Waals surface area contributed by atoms with E-state index in [9.17, 15) is 19.2 Å². The quantitative estimate of drug-likeness (QED) is 0.628. The van der Waals surface area contributed by atoms with Crippen LogP contribution in [0.15, 0.2) is 54.6 Å². The van der Waals surface area contributed by atoms with Gasteiger partial charge in [-0.15, -0.1) is 0 Å². The second-order valence-electron chi connectivity index (χ2n) is 6.49. The van der Waals surface area contributed by atoms with Crippen molar-refractivity contribution in [3.8, 4) is 0 Å². The number of anilines is 1. The molecule has 1 atom stereocenters. The third-order valence-electron chi connectivity index (χ3n) is 4.50.